The number of rotatable bonds is 9. The van der Waals surface area contributed by atoms with Crippen LogP contribution in [0.2, 0.25) is 5.02 Å². The number of hydrogen-bond donors (Lipinski definition) is 1. The summed E-state index contributed by atoms with van der Waals surface area (Å²) in [4.78, 5) is 19.1. The first-order chi connectivity index (χ1) is 19.2. The van der Waals surface area contributed by atoms with Gasteiger partial charge in [0.1, 0.15) is 5.82 Å². The van der Waals surface area contributed by atoms with Gasteiger partial charge >= 0.3 is 5.97 Å². The molecule has 4 aromatic rings. The molecule has 0 unspecified atom stereocenters. The van der Waals surface area contributed by atoms with Crippen molar-refractivity contribution in [2.75, 3.05) is 13.1 Å². The van der Waals surface area contributed by atoms with E-state index in [0.717, 1.165) is 40.8 Å². The number of aliphatic carboxylic acids is 1. The number of benzene rings is 3. The minimum atomic E-state index is -0.826. The highest BCUT2D eigenvalue weighted by molar-refractivity contribution is 6.31. The molecule has 40 heavy (non-hydrogen) atoms. The lowest BCUT2D eigenvalue weighted by atomic mass is 9.74. The molecule has 0 aliphatic carbocycles. The topological polar surface area (TPSA) is 79.5 Å². The molecule has 1 aromatic heterocycles. The van der Waals surface area contributed by atoms with Gasteiger partial charge in [-0.25, -0.2) is 4.39 Å². The molecule has 0 saturated carbocycles. The lowest BCUT2D eigenvalue weighted by molar-refractivity contribution is -0.152. The Labute approximate surface area is 238 Å². The summed E-state index contributed by atoms with van der Waals surface area (Å²) in [7, 11) is 0. The van der Waals surface area contributed by atoms with Gasteiger partial charge in [-0.1, -0.05) is 73.1 Å². The van der Waals surface area contributed by atoms with Crippen molar-refractivity contribution in [3.63, 3.8) is 0 Å². The van der Waals surface area contributed by atoms with Crippen molar-refractivity contribution in [1.29, 1.82) is 0 Å². The number of aromatic nitrogens is 2. The zero-order valence-corrected chi connectivity index (χ0v) is 23.5. The van der Waals surface area contributed by atoms with Crippen LogP contribution in [0.5, 0.6) is 0 Å². The normalized spacial score (nSPS) is 15.4. The van der Waals surface area contributed by atoms with Gasteiger partial charge in [0.25, 0.3) is 5.89 Å². The predicted octanol–water partition coefficient (Wildman–Crippen LogP) is 7.30. The van der Waals surface area contributed by atoms with Gasteiger partial charge < -0.3 is 9.63 Å². The SMILES string of the molecule is CC(C)Cc1ccc(-c2nc(-c3ccc(CN4CCC(Cc5ccc(F)cc5)(C(=O)O)CC4)cc3)no2)cc1Cl. The summed E-state index contributed by atoms with van der Waals surface area (Å²) in [5, 5.41) is 14.9. The van der Waals surface area contributed by atoms with Gasteiger partial charge in [0.05, 0.1) is 5.41 Å². The minimum absolute atomic E-state index is 0.314. The second kappa shape index (κ2) is 11.9. The molecule has 5 rings (SSSR count). The van der Waals surface area contributed by atoms with Gasteiger partial charge in [0.15, 0.2) is 0 Å². The van der Waals surface area contributed by atoms with Crippen LogP contribution in [0.25, 0.3) is 22.8 Å². The van der Waals surface area contributed by atoms with Crippen LogP contribution in [-0.4, -0.2) is 39.2 Å². The summed E-state index contributed by atoms with van der Waals surface area (Å²) in [6, 6.07) is 20.0. The first-order valence-electron chi connectivity index (χ1n) is 13.6. The second-order valence-electron chi connectivity index (χ2n) is 11.2. The van der Waals surface area contributed by atoms with E-state index in [-0.39, 0.29) is 5.82 Å². The average Bonchev–Trinajstić information content (AvgIpc) is 3.43. The van der Waals surface area contributed by atoms with Gasteiger partial charge in [-0.05, 0) is 85.6 Å². The third-order valence-corrected chi connectivity index (χ3v) is 8.05. The minimum Gasteiger partial charge on any atom is -0.481 e. The van der Waals surface area contributed by atoms with Gasteiger partial charge in [-0.3, -0.25) is 9.69 Å². The lowest BCUT2D eigenvalue weighted by Crippen LogP contribution is -2.45. The largest absolute Gasteiger partial charge is 0.481 e. The maximum absolute atomic E-state index is 13.3. The lowest BCUT2D eigenvalue weighted by Gasteiger charge is -2.39. The van der Waals surface area contributed by atoms with Crippen LogP contribution in [0.1, 0.15) is 43.4 Å². The Bertz CT molecular complexity index is 1460. The molecule has 0 radical (unpaired) electrons. The van der Waals surface area contributed by atoms with E-state index in [1.807, 2.05) is 42.5 Å². The number of piperidine rings is 1. The molecule has 0 atom stereocenters. The van der Waals surface area contributed by atoms with Crippen molar-refractivity contribution in [3.05, 3.63) is 94.3 Å². The van der Waals surface area contributed by atoms with Crippen LogP contribution in [0.3, 0.4) is 0 Å². The molecule has 8 heteroatoms. The Morgan fingerprint density at radius 2 is 1.68 bits per heavy atom. The van der Waals surface area contributed by atoms with Crippen LogP contribution in [-0.2, 0) is 24.2 Å². The summed E-state index contributed by atoms with van der Waals surface area (Å²) in [5.41, 5.74) is 3.89. The Morgan fingerprint density at radius 1 is 1.02 bits per heavy atom. The molecule has 208 valence electrons. The third-order valence-electron chi connectivity index (χ3n) is 7.70. The number of nitrogens with zero attached hydrogens (tertiary/aromatic N) is 3. The molecule has 1 aliphatic rings. The maximum atomic E-state index is 13.3. The van der Waals surface area contributed by atoms with Crippen LogP contribution in [0.15, 0.2) is 71.3 Å². The zero-order chi connectivity index (χ0) is 28.3. The van der Waals surface area contributed by atoms with Crippen LogP contribution in [0.4, 0.5) is 4.39 Å². The predicted molar refractivity (Wildman–Crippen MR) is 153 cm³/mol. The van der Waals surface area contributed by atoms with Crippen molar-refractivity contribution in [2.45, 2.75) is 46.1 Å². The molecular formula is C32H33ClFN3O3. The Hall–Kier alpha value is -3.55. The first-order valence-corrected chi connectivity index (χ1v) is 14.0. The molecule has 0 bridgehead atoms. The first kappa shape index (κ1) is 28.0. The van der Waals surface area contributed by atoms with E-state index < -0.39 is 11.4 Å². The molecule has 0 amide bonds. The van der Waals surface area contributed by atoms with Crippen molar-refractivity contribution in [2.24, 2.45) is 11.3 Å². The number of carboxylic acids is 1. The van der Waals surface area contributed by atoms with E-state index in [2.05, 4.69) is 28.9 Å². The van der Waals surface area contributed by atoms with Gasteiger partial charge in [0.2, 0.25) is 5.82 Å². The molecule has 1 fully saturated rings. The van der Waals surface area contributed by atoms with E-state index in [4.69, 9.17) is 16.1 Å². The number of carbonyl (C=O) groups is 1. The standard InChI is InChI=1S/C32H33ClFN3O3/c1-21(2)17-25-9-10-26(18-28(25)33)30-35-29(36-40-30)24-7-3-23(4-8-24)20-37-15-13-32(14-16-37,31(38)39)19-22-5-11-27(34)12-6-22/h3-12,18,21H,13-17,19-20H2,1-2H3,(H,38,39). The average molecular weight is 562 g/mol. The summed E-state index contributed by atoms with van der Waals surface area (Å²) >= 11 is 6.48. The zero-order valence-electron chi connectivity index (χ0n) is 22.7. The van der Waals surface area contributed by atoms with Crippen molar-refractivity contribution >= 4 is 17.6 Å². The number of hydrogen-bond acceptors (Lipinski definition) is 5. The van der Waals surface area contributed by atoms with Gasteiger partial charge in [0, 0.05) is 22.7 Å². The Morgan fingerprint density at radius 3 is 2.30 bits per heavy atom. The van der Waals surface area contributed by atoms with E-state index >= 15 is 0 Å². The second-order valence-corrected chi connectivity index (χ2v) is 11.6. The van der Waals surface area contributed by atoms with Crippen LogP contribution >= 0.6 is 11.6 Å². The van der Waals surface area contributed by atoms with Crippen molar-refractivity contribution < 1.29 is 18.8 Å². The molecular weight excluding hydrogens is 529 g/mol. The van der Waals surface area contributed by atoms with Gasteiger partial charge in [-0.2, -0.15) is 4.98 Å². The highest BCUT2D eigenvalue weighted by atomic mass is 35.5. The smallest absolute Gasteiger partial charge is 0.310 e. The van der Waals surface area contributed by atoms with Crippen molar-refractivity contribution in [1.82, 2.24) is 15.0 Å². The van der Waals surface area contributed by atoms with E-state index in [9.17, 15) is 14.3 Å². The van der Waals surface area contributed by atoms with E-state index in [0.29, 0.717) is 55.0 Å². The quantitative estimate of drug-likeness (QED) is 0.231. The number of carboxylic acid groups (broad SMARTS) is 1. The molecule has 1 saturated heterocycles. The fourth-order valence-corrected chi connectivity index (χ4v) is 5.62. The molecule has 1 aliphatic heterocycles. The van der Waals surface area contributed by atoms with E-state index in [1.54, 1.807) is 12.1 Å². The molecule has 3 aromatic carbocycles. The van der Waals surface area contributed by atoms with Crippen LogP contribution in [0, 0.1) is 17.2 Å². The maximum Gasteiger partial charge on any atom is 0.310 e. The van der Waals surface area contributed by atoms with E-state index in [1.165, 1.54) is 12.1 Å². The summed E-state index contributed by atoms with van der Waals surface area (Å²) in [6.45, 7) is 6.41. The monoisotopic (exact) mass is 561 g/mol. The summed E-state index contributed by atoms with van der Waals surface area (Å²) in [6.07, 6.45) is 2.42. The van der Waals surface area contributed by atoms with Crippen LogP contribution < -0.4 is 0 Å². The fourth-order valence-electron chi connectivity index (χ4n) is 5.36. The highest BCUT2D eigenvalue weighted by Gasteiger charge is 2.41. The third kappa shape index (κ3) is 6.43. The molecule has 0 spiro atoms. The Balaban J connectivity index is 1.20. The van der Waals surface area contributed by atoms with Crippen molar-refractivity contribution in [3.8, 4) is 22.8 Å². The molecule has 1 N–H and O–H groups in total. The molecule has 6 nitrogen and oxygen atoms in total. The van der Waals surface area contributed by atoms with Gasteiger partial charge in [-0.15, -0.1) is 0 Å². The fraction of sp³-hybridized carbons (Fsp3) is 0.344. The highest BCUT2D eigenvalue weighted by Crippen LogP contribution is 2.36. The summed E-state index contributed by atoms with van der Waals surface area (Å²) in [5.74, 6) is 0.351. The summed E-state index contributed by atoms with van der Waals surface area (Å²) < 4.78 is 18.8. The molecule has 2 heterocycles. The number of likely N-dealkylation sites (tertiary alicyclic amines) is 1. The number of halogens is 2. The Kier molecular flexibility index (Phi) is 8.33.